The first-order valence-corrected chi connectivity index (χ1v) is 4.34. The summed E-state index contributed by atoms with van der Waals surface area (Å²) in [5.41, 5.74) is 0.618. The van der Waals surface area contributed by atoms with E-state index in [1.165, 1.54) is 32.4 Å². The van der Waals surface area contributed by atoms with E-state index in [1.807, 2.05) is 0 Å². The van der Waals surface area contributed by atoms with Gasteiger partial charge in [-0.25, -0.2) is 0 Å². The van der Waals surface area contributed by atoms with Crippen LogP contribution >= 0.6 is 0 Å². The zero-order chi connectivity index (χ0) is 11.4. The topological polar surface area (TPSA) is 79.2 Å². The van der Waals surface area contributed by atoms with Crippen LogP contribution in [0.25, 0.3) is 0 Å². The molecule has 3 N–H and O–H groups in total. The zero-order valence-corrected chi connectivity index (χ0v) is 8.54. The third kappa shape index (κ3) is 2.70. The van der Waals surface area contributed by atoms with Gasteiger partial charge >= 0.3 is 7.12 Å². The Balaban J connectivity index is 3.09. The number of benzene rings is 1. The first kappa shape index (κ1) is 12.0. The molecular weight excluding hydrogens is 199 g/mol. The van der Waals surface area contributed by atoms with Crippen molar-refractivity contribution in [3.63, 3.8) is 0 Å². The summed E-state index contributed by atoms with van der Waals surface area (Å²) >= 11 is 0. The molecule has 0 amide bonds. The first-order chi connectivity index (χ1) is 7.10. The lowest BCUT2D eigenvalue weighted by atomic mass is 9.79. The molecule has 0 unspecified atom stereocenters. The standard InChI is InChI=1S/C9H13BO5/c1-14-9(15-2)7-5-6(10(12)13)3-4-8(7)11/h3-5,9,11-13H,1-2H3. The van der Waals surface area contributed by atoms with E-state index < -0.39 is 13.4 Å². The van der Waals surface area contributed by atoms with E-state index in [4.69, 9.17) is 19.5 Å². The lowest BCUT2D eigenvalue weighted by Gasteiger charge is -2.15. The summed E-state index contributed by atoms with van der Waals surface area (Å²) in [4.78, 5) is 0. The minimum absolute atomic E-state index is 0.0203. The number of hydrogen-bond donors (Lipinski definition) is 3. The van der Waals surface area contributed by atoms with Crippen LogP contribution in [0.5, 0.6) is 5.75 Å². The molecule has 15 heavy (non-hydrogen) atoms. The van der Waals surface area contributed by atoms with Crippen molar-refractivity contribution in [2.75, 3.05) is 14.2 Å². The summed E-state index contributed by atoms with van der Waals surface area (Å²) in [7, 11) is 1.27. The average Bonchev–Trinajstić information content (AvgIpc) is 2.22. The van der Waals surface area contributed by atoms with Gasteiger partial charge in [-0.3, -0.25) is 0 Å². The normalized spacial score (nSPS) is 10.7. The predicted octanol–water partition coefficient (Wildman–Crippen LogP) is -0.637. The number of methoxy groups -OCH3 is 2. The molecule has 0 saturated carbocycles. The molecule has 0 spiro atoms. The van der Waals surface area contributed by atoms with Crippen LogP contribution in [-0.4, -0.2) is 36.5 Å². The largest absolute Gasteiger partial charge is 0.507 e. The van der Waals surface area contributed by atoms with Crippen LogP contribution in [-0.2, 0) is 9.47 Å². The highest BCUT2D eigenvalue weighted by molar-refractivity contribution is 6.58. The van der Waals surface area contributed by atoms with Crippen LogP contribution in [0.15, 0.2) is 18.2 Å². The van der Waals surface area contributed by atoms with Crippen LogP contribution in [0.4, 0.5) is 0 Å². The van der Waals surface area contributed by atoms with Gasteiger partial charge in [0.25, 0.3) is 0 Å². The van der Waals surface area contributed by atoms with Crippen molar-refractivity contribution in [1.82, 2.24) is 0 Å². The lowest BCUT2D eigenvalue weighted by molar-refractivity contribution is -0.106. The van der Waals surface area contributed by atoms with E-state index in [2.05, 4.69) is 0 Å². The Morgan fingerprint density at radius 3 is 2.27 bits per heavy atom. The molecule has 5 nitrogen and oxygen atoms in total. The molecule has 0 aliphatic heterocycles. The van der Waals surface area contributed by atoms with Gasteiger partial charge in [0.05, 0.1) is 0 Å². The highest BCUT2D eigenvalue weighted by atomic mass is 16.7. The molecule has 0 radical (unpaired) electrons. The molecule has 0 aliphatic rings. The Labute approximate surface area is 88.0 Å². The number of rotatable bonds is 4. The summed E-state index contributed by atoms with van der Waals surface area (Å²) in [6.07, 6.45) is -0.733. The Morgan fingerprint density at radius 1 is 1.20 bits per heavy atom. The fourth-order valence-electron chi connectivity index (χ4n) is 1.27. The van der Waals surface area contributed by atoms with Gasteiger partial charge < -0.3 is 24.6 Å². The quantitative estimate of drug-likeness (QED) is 0.457. The maximum Gasteiger partial charge on any atom is 0.488 e. The van der Waals surface area contributed by atoms with Crippen LogP contribution in [0.2, 0.25) is 0 Å². The zero-order valence-electron chi connectivity index (χ0n) is 8.54. The molecular formula is C9H13BO5. The smallest absolute Gasteiger partial charge is 0.488 e. The number of ether oxygens (including phenoxy) is 2. The number of aromatic hydroxyl groups is 1. The van der Waals surface area contributed by atoms with Crippen LogP contribution in [0.3, 0.4) is 0 Å². The van der Waals surface area contributed by atoms with Crippen molar-refractivity contribution in [2.45, 2.75) is 6.29 Å². The van der Waals surface area contributed by atoms with E-state index in [0.717, 1.165) is 0 Å². The molecule has 0 heterocycles. The van der Waals surface area contributed by atoms with Gasteiger partial charge in [-0.15, -0.1) is 0 Å². The minimum Gasteiger partial charge on any atom is -0.507 e. The molecule has 0 aromatic heterocycles. The van der Waals surface area contributed by atoms with Crippen molar-refractivity contribution in [2.24, 2.45) is 0 Å². The summed E-state index contributed by atoms with van der Waals surface area (Å²) in [5.74, 6) is -0.0203. The number of phenolic OH excluding ortho intramolecular Hbond substituents is 1. The predicted molar refractivity (Wildman–Crippen MR) is 54.7 cm³/mol. The summed E-state index contributed by atoms with van der Waals surface area (Å²) in [6.45, 7) is 0. The van der Waals surface area contributed by atoms with Gasteiger partial charge in [-0.1, -0.05) is 12.1 Å². The maximum atomic E-state index is 9.53. The highest BCUT2D eigenvalue weighted by Gasteiger charge is 2.18. The average molecular weight is 212 g/mol. The molecule has 0 atom stereocenters. The van der Waals surface area contributed by atoms with Gasteiger partial charge in [-0.2, -0.15) is 0 Å². The SMILES string of the molecule is COC(OC)c1cc(B(O)O)ccc1O. The van der Waals surface area contributed by atoms with Crippen LogP contribution in [0, 0.1) is 0 Å². The van der Waals surface area contributed by atoms with Crippen molar-refractivity contribution in [3.8, 4) is 5.75 Å². The molecule has 1 aromatic rings. The van der Waals surface area contributed by atoms with Crippen LogP contribution < -0.4 is 5.46 Å². The fourth-order valence-corrected chi connectivity index (χ4v) is 1.27. The lowest BCUT2D eigenvalue weighted by Crippen LogP contribution is -2.30. The Morgan fingerprint density at radius 2 is 1.80 bits per heavy atom. The van der Waals surface area contributed by atoms with E-state index in [-0.39, 0.29) is 11.2 Å². The Hall–Kier alpha value is -1.08. The summed E-state index contributed by atoms with van der Waals surface area (Å²) in [5, 5.41) is 27.4. The van der Waals surface area contributed by atoms with Crippen LogP contribution in [0.1, 0.15) is 11.9 Å². The number of hydrogen-bond acceptors (Lipinski definition) is 5. The van der Waals surface area contributed by atoms with Crippen molar-refractivity contribution in [3.05, 3.63) is 23.8 Å². The second-order valence-electron chi connectivity index (χ2n) is 3.00. The maximum absolute atomic E-state index is 9.53. The fraction of sp³-hybridized carbons (Fsp3) is 0.333. The molecule has 0 bridgehead atoms. The van der Waals surface area contributed by atoms with E-state index in [1.54, 1.807) is 0 Å². The second kappa shape index (κ2) is 5.13. The van der Waals surface area contributed by atoms with E-state index >= 15 is 0 Å². The Bertz CT molecular complexity index is 324. The summed E-state index contributed by atoms with van der Waals surface area (Å²) < 4.78 is 9.91. The molecule has 6 heteroatoms. The van der Waals surface area contributed by atoms with Gasteiger partial charge in [-0.05, 0) is 11.5 Å². The molecule has 82 valence electrons. The third-order valence-electron chi connectivity index (χ3n) is 2.03. The van der Waals surface area contributed by atoms with Crippen molar-refractivity contribution < 1.29 is 24.6 Å². The van der Waals surface area contributed by atoms with Gasteiger partial charge in [0.1, 0.15) is 5.75 Å². The van der Waals surface area contributed by atoms with Gasteiger partial charge in [0.15, 0.2) is 6.29 Å². The molecule has 0 aliphatic carbocycles. The second-order valence-corrected chi connectivity index (χ2v) is 3.00. The first-order valence-electron chi connectivity index (χ1n) is 4.34. The van der Waals surface area contributed by atoms with Gasteiger partial charge in [0.2, 0.25) is 0 Å². The van der Waals surface area contributed by atoms with Crippen molar-refractivity contribution >= 4 is 12.6 Å². The molecule has 0 fully saturated rings. The third-order valence-corrected chi connectivity index (χ3v) is 2.03. The summed E-state index contributed by atoms with van der Waals surface area (Å²) in [6, 6.07) is 4.18. The van der Waals surface area contributed by atoms with Gasteiger partial charge in [0, 0.05) is 19.8 Å². The molecule has 1 rings (SSSR count). The molecule has 1 aromatic carbocycles. The minimum atomic E-state index is -1.58. The Kier molecular flexibility index (Phi) is 4.10. The number of phenols is 1. The monoisotopic (exact) mass is 212 g/mol. The van der Waals surface area contributed by atoms with Crippen molar-refractivity contribution in [1.29, 1.82) is 0 Å². The van der Waals surface area contributed by atoms with E-state index in [9.17, 15) is 5.11 Å². The van der Waals surface area contributed by atoms with E-state index in [0.29, 0.717) is 5.56 Å². The molecule has 0 saturated heterocycles. The highest BCUT2D eigenvalue weighted by Crippen LogP contribution is 2.25.